The van der Waals surface area contributed by atoms with Gasteiger partial charge in [0, 0.05) is 39.0 Å². The van der Waals surface area contributed by atoms with E-state index in [0.29, 0.717) is 19.6 Å². The van der Waals surface area contributed by atoms with Gasteiger partial charge in [-0.25, -0.2) is 4.98 Å². The number of piperidine rings is 1. The summed E-state index contributed by atoms with van der Waals surface area (Å²) in [5.41, 5.74) is 0.907. The summed E-state index contributed by atoms with van der Waals surface area (Å²) in [4.78, 5) is 35.0. The van der Waals surface area contributed by atoms with Gasteiger partial charge < -0.3 is 14.9 Å². The van der Waals surface area contributed by atoms with Crippen LogP contribution in [0.25, 0.3) is 0 Å². The van der Waals surface area contributed by atoms with Crippen LogP contribution >= 0.6 is 0 Å². The minimum absolute atomic E-state index is 0.106. The Kier molecular flexibility index (Phi) is 3.96. The third kappa shape index (κ3) is 2.88. The quantitative estimate of drug-likeness (QED) is 0.885. The molecule has 0 aromatic carbocycles. The summed E-state index contributed by atoms with van der Waals surface area (Å²) in [6.45, 7) is 4.10. The third-order valence-corrected chi connectivity index (χ3v) is 4.50. The Bertz CT molecular complexity index is 569. The molecule has 0 radical (unpaired) electrons. The first kappa shape index (κ1) is 14.7. The first-order chi connectivity index (χ1) is 10.5. The van der Waals surface area contributed by atoms with Crippen molar-refractivity contribution in [2.45, 2.75) is 25.7 Å². The van der Waals surface area contributed by atoms with Crippen molar-refractivity contribution in [3.05, 3.63) is 18.1 Å². The number of nitrogens with zero attached hydrogens (tertiary/aromatic N) is 4. The highest BCUT2D eigenvalue weighted by atomic mass is 16.4. The zero-order chi connectivity index (χ0) is 15.7. The zero-order valence-corrected chi connectivity index (χ0v) is 12.6. The minimum atomic E-state index is -0.757. The van der Waals surface area contributed by atoms with Crippen molar-refractivity contribution in [1.82, 2.24) is 14.9 Å². The second-order valence-electron chi connectivity index (χ2n) is 6.04. The number of aliphatic carboxylic acids is 1. The van der Waals surface area contributed by atoms with Crippen molar-refractivity contribution in [1.29, 1.82) is 0 Å². The average Bonchev–Trinajstić information content (AvgIpc) is 2.46. The molecule has 2 aliphatic rings. The Morgan fingerprint density at radius 1 is 1.23 bits per heavy atom. The fourth-order valence-electron chi connectivity index (χ4n) is 3.03. The lowest BCUT2D eigenvalue weighted by molar-refractivity contribution is -0.142. The van der Waals surface area contributed by atoms with E-state index < -0.39 is 5.97 Å². The highest BCUT2D eigenvalue weighted by molar-refractivity contribution is 5.74. The number of carbonyl (C=O) groups excluding carboxylic acids is 1. The molecule has 22 heavy (non-hydrogen) atoms. The number of hydrogen-bond donors (Lipinski definition) is 1. The Morgan fingerprint density at radius 3 is 2.59 bits per heavy atom. The molecule has 2 fully saturated rings. The lowest BCUT2D eigenvalue weighted by atomic mass is 9.95. The maximum Gasteiger partial charge on any atom is 0.310 e. The molecule has 0 saturated carbocycles. The van der Waals surface area contributed by atoms with Crippen LogP contribution in [0.4, 0.5) is 5.82 Å². The van der Waals surface area contributed by atoms with Crippen LogP contribution in [0.3, 0.4) is 0 Å². The second kappa shape index (κ2) is 5.90. The lowest BCUT2D eigenvalue weighted by Crippen LogP contribution is -2.50. The summed E-state index contributed by atoms with van der Waals surface area (Å²) >= 11 is 0. The number of likely N-dealkylation sites (tertiary alicyclic amines) is 1. The molecule has 2 aliphatic heterocycles. The van der Waals surface area contributed by atoms with Crippen molar-refractivity contribution >= 4 is 17.7 Å². The average molecular weight is 304 g/mol. The Labute approximate surface area is 129 Å². The van der Waals surface area contributed by atoms with E-state index in [-0.39, 0.29) is 17.7 Å². The van der Waals surface area contributed by atoms with Crippen molar-refractivity contribution in [2.24, 2.45) is 5.92 Å². The molecular weight excluding hydrogens is 284 g/mol. The molecule has 2 saturated heterocycles. The number of carboxylic acid groups (broad SMARTS) is 1. The standard InChI is InChI=1S/C15H20N4O3/c1-10(20)18-4-2-3-11(7-18)13-5-17-14(6-16-13)19-8-12(9-19)15(21)22/h5-6,11-12H,2-4,7-9H2,1H3,(H,21,22)/t11-/m0/s1. The molecule has 1 aromatic rings. The van der Waals surface area contributed by atoms with Crippen LogP contribution in [-0.4, -0.2) is 58.0 Å². The van der Waals surface area contributed by atoms with Crippen LogP contribution in [0.5, 0.6) is 0 Å². The number of rotatable bonds is 3. The van der Waals surface area contributed by atoms with Gasteiger partial charge >= 0.3 is 5.97 Å². The SMILES string of the molecule is CC(=O)N1CCC[C@H](c2cnc(N3CC(C(=O)O)C3)cn2)C1. The van der Waals surface area contributed by atoms with Gasteiger partial charge in [0.05, 0.1) is 24.0 Å². The predicted octanol–water partition coefficient (Wildman–Crippen LogP) is 0.723. The topological polar surface area (TPSA) is 86.6 Å². The van der Waals surface area contributed by atoms with Crippen LogP contribution in [0.1, 0.15) is 31.4 Å². The molecular formula is C15H20N4O3. The largest absolute Gasteiger partial charge is 0.481 e. The summed E-state index contributed by atoms with van der Waals surface area (Å²) in [6, 6.07) is 0. The monoisotopic (exact) mass is 304 g/mol. The summed E-state index contributed by atoms with van der Waals surface area (Å²) in [6.07, 6.45) is 5.47. The number of anilines is 1. The van der Waals surface area contributed by atoms with Gasteiger partial charge in [0.15, 0.2) is 0 Å². The van der Waals surface area contributed by atoms with Crippen LogP contribution in [-0.2, 0) is 9.59 Å². The normalized spacial score (nSPS) is 22.3. The number of carboxylic acids is 1. The fraction of sp³-hybridized carbons (Fsp3) is 0.600. The molecule has 3 rings (SSSR count). The minimum Gasteiger partial charge on any atom is -0.481 e. The molecule has 7 heteroatoms. The van der Waals surface area contributed by atoms with E-state index in [9.17, 15) is 9.59 Å². The number of carbonyl (C=O) groups is 2. The summed E-state index contributed by atoms with van der Waals surface area (Å²) in [5.74, 6) is 0.00807. The predicted molar refractivity (Wildman–Crippen MR) is 79.6 cm³/mol. The van der Waals surface area contributed by atoms with Gasteiger partial charge in [0.2, 0.25) is 5.91 Å². The van der Waals surface area contributed by atoms with Crippen molar-refractivity contribution in [3.8, 4) is 0 Å². The Morgan fingerprint density at radius 2 is 2.00 bits per heavy atom. The van der Waals surface area contributed by atoms with E-state index in [1.54, 1.807) is 19.3 Å². The Balaban J connectivity index is 1.62. The van der Waals surface area contributed by atoms with E-state index >= 15 is 0 Å². The highest BCUT2D eigenvalue weighted by Gasteiger charge is 2.33. The molecule has 0 bridgehead atoms. The van der Waals surface area contributed by atoms with Crippen LogP contribution in [0.2, 0.25) is 0 Å². The second-order valence-corrected chi connectivity index (χ2v) is 6.04. The smallest absolute Gasteiger partial charge is 0.310 e. The molecule has 0 aliphatic carbocycles. The molecule has 1 aromatic heterocycles. The van der Waals surface area contributed by atoms with E-state index in [0.717, 1.165) is 30.9 Å². The first-order valence-corrected chi connectivity index (χ1v) is 7.60. The summed E-state index contributed by atoms with van der Waals surface area (Å²) in [5, 5.41) is 8.89. The number of amides is 1. The Hall–Kier alpha value is -2.18. The summed E-state index contributed by atoms with van der Waals surface area (Å²) in [7, 11) is 0. The molecule has 0 unspecified atom stereocenters. The van der Waals surface area contributed by atoms with Gasteiger partial charge in [-0.1, -0.05) is 0 Å². The molecule has 7 nitrogen and oxygen atoms in total. The summed E-state index contributed by atoms with van der Waals surface area (Å²) < 4.78 is 0. The molecule has 118 valence electrons. The van der Waals surface area contributed by atoms with E-state index in [4.69, 9.17) is 5.11 Å². The van der Waals surface area contributed by atoms with Crippen molar-refractivity contribution in [3.63, 3.8) is 0 Å². The first-order valence-electron chi connectivity index (χ1n) is 7.60. The van der Waals surface area contributed by atoms with Gasteiger partial charge in [-0.3, -0.25) is 14.6 Å². The van der Waals surface area contributed by atoms with Gasteiger partial charge in [-0.2, -0.15) is 0 Å². The van der Waals surface area contributed by atoms with Crippen molar-refractivity contribution in [2.75, 3.05) is 31.1 Å². The zero-order valence-electron chi connectivity index (χ0n) is 12.6. The van der Waals surface area contributed by atoms with E-state index in [1.165, 1.54) is 0 Å². The van der Waals surface area contributed by atoms with Crippen molar-refractivity contribution < 1.29 is 14.7 Å². The van der Waals surface area contributed by atoms with Crippen LogP contribution in [0.15, 0.2) is 12.4 Å². The van der Waals surface area contributed by atoms with E-state index in [1.807, 2.05) is 9.80 Å². The van der Waals surface area contributed by atoms with Gasteiger partial charge in [-0.05, 0) is 12.8 Å². The van der Waals surface area contributed by atoms with Gasteiger partial charge in [0.1, 0.15) is 5.82 Å². The molecule has 1 N–H and O–H groups in total. The lowest BCUT2D eigenvalue weighted by Gasteiger charge is -2.37. The van der Waals surface area contributed by atoms with Gasteiger partial charge in [0.25, 0.3) is 0 Å². The third-order valence-electron chi connectivity index (χ3n) is 4.50. The maximum atomic E-state index is 11.5. The van der Waals surface area contributed by atoms with E-state index in [2.05, 4.69) is 9.97 Å². The molecule has 3 heterocycles. The fourth-order valence-corrected chi connectivity index (χ4v) is 3.03. The van der Waals surface area contributed by atoms with Gasteiger partial charge in [-0.15, -0.1) is 0 Å². The molecule has 1 atom stereocenters. The molecule has 0 spiro atoms. The molecule has 1 amide bonds. The number of aromatic nitrogens is 2. The van der Waals surface area contributed by atoms with Crippen LogP contribution in [0, 0.1) is 5.92 Å². The maximum absolute atomic E-state index is 11.5. The number of hydrogen-bond acceptors (Lipinski definition) is 5. The van der Waals surface area contributed by atoms with Crippen LogP contribution < -0.4 is 4.90 Å². The highest BCUT2D eigenvalue weighted by Crippen LogP contribution is 2.27.